The normalized spacial score (nSPS) is 15.4. The van der Waals surface area contributed by atoms with Crippen molar-refractivity contribution in [3.05, 3.63) is 70.2 Å². The molecular formula is C23H24ClN3O3S. The molecule has 0 radical (unpaired) electrons. The molecule has 1 aliphatic heterocycles. The van der Waals surface area contributed by atoms with E-state index in [1.54, 1.807) is 12.5 Å². The van der Waals surface area contributed by atoms with Crippen LogP contribution in [0.2, 0.25) is 5.02 Å². The van der Waals surface area contributed by atoms with Crippen LogP contribution in [0, 0.1) is 0 Å². The molecule has 6 nitrogen and oxygen atoms in total. The third-order valence-corrected chi connectivity index (χ3v) is 6.52. The number of halogens is 1. The fourth-order valence-corrected chi connectivity index (χ4v) is 4.66. The fourth-order valence-electron chi connectivity index (χ4n) is 3.59. The van der Waals surface area contributed by atoms with E-state index in [1.807, 2.05) is 48.5 Å². The summed E-state index contributed by atoms with van der Waals surface area (Å²) < 4.78 is 10.7. The molecule has 3 aromatic rings. The molecule has 1 saturated heterocycles. The van der Waals surface area contributed by atoms with Crippen molar-refractivity contribution in [2.24, 2.45) is 0 Å². The number of aromatic nitrogens is 1. The molecule has 2 aromatic carbocycles. The first-order valence-corrected chi connectivity index (χ1v) is 11.4. The second kappa shape index (κ2) is 10.2. The molecule has 1 aromatic heterocycles. The van der Waals surface area contributed by atoms with Gasteiger partial charge < -0.3 is 14.8 Å². The van der Waals surface area contributed by atoms with Crippen molar-refractivity contribution in [1.82, 2.24) is 15.2 Å². The van der Waals surface area contributed by atoms with E-state index in [1.165, 1.54) is 11.3 Å². The van der Waals surface area contributed by atoms with E-state index in [9.17, 15) is 4.79 Å². The van der Waals surface area contributed by atoms with E-state index in [-0.39, 0.29) is 11.9 Å². The van der Waals surface area contributed by atoms with E-state index in [0.29, 0.717) is 30.5 Å². The van der Waals surface area contributed by atoms with Crippen molar-refractivity contribution < 1.29 is 14.3 Å². The molecule has 0 bridgehead atoms. The van der Waals surface area contributed by atoms with Gasteiger partial charge in [-0.15, -0.1) is 11.3 Å². The number of thiazole rings is 1. The summed E-state index contributed by atoms with van der Waals surface area (Å²) in [5.41, 5.74) is 2.37. The van der Waals surface area contributed by atoms with Gasteiger partial charge in [0.1, 0.15) is 16.5 Å². The van der Waals surface area contributed by atoms with Crippen LogP contribution in [0.25, 0.3) is 10.6 Å². The zero-order valence-corrected chi connectivity index (χ0v) is 18.8. The van der Waals surface area contributed by atoms with E-state index >= 15 is 0 Å². The average molecular weight is 458 g/mol. The summed E-state index contributed by atoms with van der Waals surface area (Å²) in [7, 11) is 1.63. The van der Waals surface area contributed by atoms with Crippen molar-refractivity contribution in [3.63, 3.8) is 0 Å². The predicted octanol–water partition coefficient (Wildman–Crippen LogP) is 4.28. The van der Waals surface area contributed by atoms with Crippen molar-refractivity contribution in [2.45, 2.75) is 6.04 Å². The average Bonchev–Trinajstić information content (AvgIpc) is 3.31. The number of nitrogens with zero attached hydrogens (tertiary/aromatic N) is 2. The van der Waals surface area contributed by atoms with Gasteiger partial charge in [-0.05, 0) is 35.9 Å². The summed E-state index contributed by atoms with van der Waals surface area (Å²) >= 11 is 7.92. The molecule has 1 amide bonds. The third-order valence-electron chi connectivity index (χ3n) is 5.28. The highest BCUT2D eigenvalue weighted by molar-refractivity contribution is 7.13. The van der Waals surface area contributed by atoms with Crippen molar-refractivity contribution in [3.8, 4) is 16.3 Å². The lowest BCUT2D eigenvalue weighted by atomic mass is 10.0. The van der Waals surface area contributed by atoms with Gasteiger partial charge in [0.15, 0.2) is 0 Å². The molecule has 0 saturated carbocycles. The summed E-state index contributed by atoms with van der Waals surface area (Å²) in [6, 6.07) is 15.4. The SMILES string of the molecule is COc1ccc(-c2nc(C(=O)NCC(c3ccccc3Cl)N3CCOCC3)cs2)cc1. The highest BCUT2D eigenvalue weighted by atomic mass is 35.5. The summed E-state index contributed by atoms with van der Waals surface area (Å²) in [5.74, 6) is 0.591. The number of benzene rings is 2. The summed E-state index contributed by atoms with van der Waals surface area (Å²) in [6.45, 7) is 3.38. The van der Waals surface area contributed by atoms with Crippen LogP contribution in [0.3, 0.4) is 0 Å². The van der Waals surface area contributed by atoms with Gasteiger partial charge in [0.2, 0.25) is 0 Å². The largest absolute Gasteiger partial charge is 0.497 e. The van der Waals surface area contributed by atoms with Gasteiger partial charge in [0.05, 0.1) is 26.4 Å². The van der Waals surface area contributed by atoms with Crippen LogP contribution in [0.1, 0.15) is 22.1 Å². The molecule has 1 fully saturated rings. The molecular weight excluding hydrogens is 434 g/mol. The second-order valence-electron chi connectivity index (χ2n) is 7.16. The topological polar surface area (TPSA) is 63.7 Å². The summed E-state index contributed by atoms with van der Waals surface area (Å²) in [6.07, 6.45) is 0. The Kier molecular flexibility index (Phi) is 7.19. The Morgan fingerprint density at radius 1 is 1.23 bits per heavy atom. The third kappa shape index (κ3) is 5.25. The number of hydrogen-bond donors (Lipinski definition) is 1. The number of nitrogens with one attached hydrogen (secondary N) is 1. The minimum absolute atomic E-state index is 0.0266. The minimum Gasteiger partial charge on any atom is -0.497 e. The molecule has 1 atom stereocenters. The highest BCUT2D eigenvalue weighted by Gasteiger charge is 2.25. The molecule has 4 rings (SSSR count). The maximum Gasteiger partial charge on any atom is 0.270 e. The number of methoxy groups -OCH3 is 1. The van der Waals surface area contributed by atoms with Crippen LogP contribution in [0.4, 0.5) is 0 Å². The Labute approximate surface area is 190 Å². The smallest absolute Gasteiger partial charge is 0.270 e. The van der Waals surface area contributed by atoms with Gasteiger partial charge in [-0.1, -0.05) is 29.8 Å². The molecule has 162 valence electrons. The Morgan fingerprint density at radius 3 is 2.68 bits per heavy atom. The van der Waals surface area contributed by atoms with Gasteiger partial charge in [-0.3, -0.25) is 9.69 Å². The van der Waals surface area contributed by atoms with Crippen LogP contribution < -0.4 is 10.1 Å². The summed E-state index contributed by atoms with van der Waals surface area (Å²) in [4.78, 5) is 19.7. The maximum atomic E-state index is 12.8. The lowest BCUT2D eigenvalue weighted by molar-refractivity contribution is 0.0162. The minimum atomic E-state index is -0.193. The highest BCUT2D eigenvalue weighted by Crippen LogP contribution is 2.28. The molecule has 1 N–H and O–H groups in total. The van der Waals surface area contributed by atoms with E-state index in [4.69, 9.17) is 21.1 Å². The van der Waals surface area contributed by atoms with Crippen molar-refractivity contribution in [2.75, 3.05) is 40.0 Å². The zero-order chi connectivity index (χ0) is 21.6. The molecule has 1 aliphatic rings. The maximum absolute atomic E-state index is 12.8. The first-order chi connectivity index (χ1) is 15.2. The quantitative estimate of drug-likeness (QED) is 0.573. The number of hydrogen-bond acceptors (Lipinski definition) is 6. The van der Waals surface area contributed by atoms with Crippen molar-refractivity contribution in [1.29, 1.82) is 0 Å². The van der Waals surface area contributed by atoms with Gasteiger partial charge >= 0.3 is 0 Å². The Balaban J connectivity index is 1.46. The molecule has 0 aliphatic carbocycles. The number of morpholine rings is 1. The van der Waals surface area contributed by atoms with Crippen LogP contribution in [-0.4, -0.2) is 55.7 Å². The molecule has 8 heteroatoms. The Hall–Kier alpha value is -2.45. The van der Waals surface area contributed by atoms with Crippen LogP contribution in [0.5, 0.6) is 5.75 Å². The Bertz CT molecular complexity index is 1020. The molecule has 31 heavy (non-hydrogen) atoms. The van der Waals surface area contributed by atoms with E-state index < -0.39 is 0 Å². The predicted molar refractivity (Wildman–Crippen MR) is 123 cm³/mol. The van der Waals surface area contributed by atoms with Crippen LogP contribution in [0.15, 0.2) is 53.9 Å². The molecule has 1 unspecified atom stereocenters. The van der Waals surface area contributed by atoms with Crippen LogP contribution in [-0.2, 0) is 4.74 Å². The van der Waals surface area contributed by atoms with Crippen LogP contribution >= 0.6 is 22.9 Å². The lowest BCUT2D eigenvalue weighted by Gasteiger charge is -2.35. The van der Waals surface area contributed by atoms with E-state index in [0.717, 1.165) is 35.0 Å². The zero-order valence-electron chi connectivity index (χ0n) is 17.2. The van der Waals surface area contributed by atoms with Gasteiger partial charge in [-0.25, -0.2) is 4.98 Å². The number of carbonyl (C=O) groups is 1. The van der Waals surface area contributed by atoms with E-state index in [2.05, 4.69) is 15.2 Å². The van der Waals surface area contributed by atoms with Gasteiger partial charge in [-0.2, -0.15) is 0 Å². The van der Waals surface area contributed by atoms with Crippen molar-refractivity contribution >= 4 is 28.8 Å². The first kappa shape index (κ1) is 21.8. The van der Waals surface area contributed by atoms with Gasteiger partial charge in [0, 0.05) is 35.6 Å². The molecule has 2 heterocycles. The number of carbonyl (C=O) groups excluding carboxylic acids is 1. The monoisotopic (exact) mass is 457 g/mol. The lowest BCUT2D eigenvalue weighted by Crippen LogP contribution is -2.44. The Morgan fingerprint density at radius 2 is 1.97 bits per heavy atom. The van der Waals surface area contributed by atoms with Gasteiger partial charge in [0.25, 0.3) is 5.91 Å². The number of ether oxygens (including phenoxy) is 2. The fraction of sp³-hybridized carbons (Fsp3) is 0.304. The summed E-state index contributed by atoms with van der Waals surface area (Å²) in [5, 5.41) is 6.33. The first-order valence-electron chi connectivity index (χ1n) is 10.1. The second-order valence-corrected chi connectivity index (χ2v) is 8.43. The standard InChI is InChI=1S/C23H24ClN3O3S/c1-29-17-8-6-16(7-9-17)23-26-20(15-31-23)22(28)25-14-21(27-10-12-30-13-11-27)18-4-2-3-5-19(18)24/h2-9,15,21H,10-14H2,1H3,(H,25,28). The number of amides is 1. The molecule has 0 spiro atoms. The number of rotatable bonds is 7.